The third-order valence-corrected chi connectivity index (χ3v) is 3.31. The Morgan fingerprint density at radius 2 is 2.41 bits per heavy atom. The van der Waals surface area contributed by atoms with Crippen molar-refractivity contribution in [1.29, 1.82) is 0 Å². The van der Waals surface area contributed by atoms with Gasteiger partial charge in [-0.3, -0.25) is 9.78 Å². The fourth-order valence-corrected chi connectivity index (χ4v) is 2.15. The van der Waals surface area contributed by atoms with Crippen molar-refractivity contribution in [2.75, 3.05) is 11.1 Å². The highest BCUT2D eigenvalue weighted by molar-refractivity contribution is 9.10. The number of thiazole rings is 1. The molecule has 0 bridgehead atoms. The molecular formula is C10H9BrN4OS. The number of carbonyl (C=O) groups excluding carboxylic acids is 1. The molecule has 2 aromatic heterocycles. The highest BCUT2D eigenvalue weighted by Crippen LogP contribution is 2.20. The first kappa shape index (κ1) is 12.0. The van der Waals surface area contributed by atoms with Crippen LogP contribution in [0, 0.1) is 0 Å². The van der Waals surface area contributed by atoms with Gasteiger partial charge < -0.3 is 11.1 Å². The molecule has 5 nitrogen and oxygen atoms in total. The molecule has 0 radical (unpaired) electrons. The van der Waals surface area contributed by atoms with Crippen molar-refractivity contribution in [3.63, 3.8) is 0 Å². The van der Waals surface area contributed by atoms with Gasteiger partial charge in [0.05, 0.1) is 22.3 Å². The van der Waals surface area contributed by atoms with Crippen molar-refractivity contribution in [2.45, 2.75) is 6.42 Å². The van der Waals surface area contributed by atoms with E-state index < -0.39 is 0 Å². The van der Waals surface area contributed by atoms with E-state index in [1.165, 1.54) is 11.3 Å². The SMILES string of the molecule is Nc1nc(CC(=O)Nc2ccncc2Br)cs1. The lowest BCUT2D eigenvalue weighted by molar-refractivity contribution is -0.115. The molecule has 1 amide bonds. The van der Waals surface area contributed by atoms with Crippen LogP contribution in [0.15, 0.2) is 28.3 Å². The Morgan fingerprint density at radius 3 is 3.06 bits per heavy atom. The van der Waals surface area contributed by atoms with Gasteiger partial charge in [0, 0.05) is 17.8 Å². The number of carbonyl (C=O) groups is 1. The van der Waals surface area contributed by atoms with Crippen LogP contribution in [0.5, 0.6) is 0 Å². The second kappa shape index (κ2) is 5.24. The zero-order valence-electron chi connectivity index (χ0n) is 8.68. The average molecular weight is 313 g/mol. The lowest BCUT2D eigenvalue weighted by Crippen LogP contribution is -2.15. The van der Waals surface area contributed by atoms with Crippen LogP contribution in [0.3, 0.4) is 0 Å². The van der Waals surface area contributed by atoms with Crippen LogP contribution in [0.25, 0.3) is 0 Å². The number of nitrogens with one attached hydrogen (secondary N) is 1. The summed E-state index contributed by atoms with van der Waals surface area (Å²) < 4.78 is 0.742. The van der Waals surface area contributed by atoms with Crippen LogP contribution in [0.4, 0.5) is 10.8 Å². The number of nitrogens with two attached hydrogens (primary N) is 1. The molecule has 0 aromatic carbocycles. The van der Waals surface area contributed by atoms with Crippen LogP contribution < -0.4 is 11.1 Å². The van der Waals surface area contributed by atoms with Crippen LogP contribution >= 0.6 is 27.3 Å². The van der Waals surface area contributed by atoms with Gasteiger partial charge in [0.2, 0.25) is 5.91 Å². The highest BCUT2D eigenvalue weighted by Gasteiger charge is 2.08. The summed E-state index contributed by atoms with van der Waals surface area (Å²) in [6.45, 7) is 0. The Kier molecular flexibility index (Phi) is 3.70. The smallest absolute Gasteiger partial charge is 0.230 e. The molecule has 0 aliphatic rings. The van der Waals surface area contributed by atoms with Crippen LogP contribution in [0.1, 0.15) is 5.69 Å². The van der Waals surface area contributed by atoms with Crippen LogP contribution in [0.2, 0.25) is 0 Å². The van der Waals surface area contributed by atoms with Crippen molar-refractivity contribution in [2.24, 2.45) is 0 Å². The van der Waals surface area contributed by atoms with Crippen molar-refractivity contribution in [1.82, 2.24) is 9.97 Å². The summed E-state index contributed by atoms with van der Waals surface area (Å²) in [5, 5.41) is 5.01. The summed E-state index contributed by atoms with van der Waals surface area (Å²) >= 11 is 4.63. The maximum Gasteiger partial charge on any atom is 0.230 e. The van der Waals surface area contributed by atoms with E-state index >= 15 is 0 Å². The number of nitrogens with zero attached hydrogens (tertiary/aromatic N) is 2. The van der Waals surface area contributed by atoms with Gasteiger partial charge in [-0.25, -0.2) is 4.98 Å². The molecular weight excluding hydrogens is 304 g/mol. The molecule has 0 fully saturated rings. The van der Waals surface area contributed by atoms with E-state index in [0.717, 1.165) is 4.47 Å². The van der Waals surface area contributed by atoms with E-state index in [1.807, 2.05) is 0 Å². The van der Waals surface area contributed by atoms with E-state index in [0.29, 0.717) is 16.5 Å². The van der Waals surface area contributed by atoms with E-state index in [4.69, 9.17) is 5.73 Å². The summed E-state index contributed by atoms with van der Waals surface area (Å²) in [4.78, 5) is 19.7. The van der Waals surface area contributed by atoms with Gasteiger partial charge in [-0.1, -0.05) is 0 Å². The number of pyridine rings is 1. The average Bonchev–Trinajstić information content (AvgIpc) is 2.67. The molecule has 3 N–H and O–H groups in total. The molecule has 0 saturated carbocycles. The van der Waals surface area contributed by atoms with E-state index in [1.54, 1.807) is 23.8 Å². The molecule has 7 heteroatoms. The van der Waals surface area contributed by atoms with Crippen LogP contribution in [-0.2, 0) is 11.2 Å². The van der Waals surface area contributed by atoms with Gasteiger partial charge in [0.25, 0.3) is 0 Å². The largest absolute Gasteiger partial charge is 0.375 e. The van der Waals surface area contributed by atoms with Crippen molar-refractivity contribution >= 4 is 44.0 Å². The third kappa shape index (κ3) is 3.24. The van der Waals surface area contributed by atoms with Gasteiger partial charge in [-0.15, -0.1) is 11.3 Å². The van der Waals surface area contributed by atoms with E-state index in [2.05, 4.69) is 31.2 Å². The van der Waals surface area contributed by atoms with Crippen molar-refractivity contribution < 1.29 is 4.79 Å². The first-order chi connectivity index (χ1) is 8.15. The summed E-state index contributed by atoms with van der Waals surface area (Å²) in [5.74, 6) is -0.137. The summed E-state index contributed by atoms with van der Waals surface area (Å²) in [5.41, 5.74) is 6.86. The van der Waals surface area contributed by atoms with E-state index in [-0.39, 0.29) is 12.3 Å². The maximum atomic E-state index is 11.7. The summed E-state index contributed by atoms with van der Waals surface area (Å²) in [6.07, 6.45) is 3.44. The number of rotatable bonds is 3. The quantitative estimate of drug-likeness (QED) is 0.909. The van der Waals surface area contributed by atoms with E-state index in [9.17, 15) is 4.79 Å². The van der Waals surface area contributed by atoms with Crippen molar-refractivity contribution in [3.8, 4) is 0 Å². The highest BCUT2D eigenvalue weighted by atomic mass is 79.9. The number of aromatic nitrogens is 2. The number of hydrogen-bond acceptors (Lipinski definition) is 5. The van der Waals surface area contributed by atoms with Gasteiger partial charge in [-0.2, -0.15) is 0 Å². The van der Waals surface area contributed by atoms with Gasteiger partial charge in [0.15, 0.2) is 5.13 Å². The lowest BCUT2D eigenvalue weighted by Gasteiger charge is -2.05. The number of amides is 1. The zero-order chi connectivity index (χ0) is 12.3. The number of halogens is 1. The Labute approximate surface area is 110 Å². The minimum atomic E-state index is -0.137. The molecule has 0 aliphatic heterocycles. The minimum absolute atomic E-state index is 0.137. The second-order valence-corrected chi connectivity index (χ2v) is 5.00. The zero-order valence-corrected chi connectivity index (χ0v) is 11.1. The molecule has 0 saturated heterocycles. The van der Waals surface area contributed by atoms with Crippen LogP contribution in [-0.4, -0.2) is 15.9 Å². The number of nitrogen functional groups attached to an aromatic ring is 1. The molecule has 17 heavy (non-hydrogen) atoms. The molecule has 0 spiro atoms. The summed E-state index contributed by atoms with van der Waals surface area (Å²) in [6, 6.07) is 1.72. The third-order valence-electron chi connectivity index (χ3n) is 1.96. The number of hydrogen-bond donors (Lipinski definition) is 2. The monoisotopic (exact) mass is 312 g/mol. The van der Waals surface area contributed by atoms with Gasteiger partial charge in [-0.05, 0) is 22.0 Å². The first-order valence-electron chi connectivity index (χ1n) is 4.74. The standard InChI is InChI=1S/C10H9BrN4OS/c11-7-4-13-2-1-8(7)15-9(16)3-6-5-17-10(12)14-6/h1-2,4-5H,3H2,(H2,12,14)(H,13,15,16). The Bertz CT molecular complexity index is 543. The van der Waals surface area contributed by atoms with Gasteiger partial charge in [0.1, 0.15) is 0 Å². The fourth-order valence-electron chi connectivity index (χ4n) is 1.24. The minimum Gasteiger partial charge on any atom is -0.375 e. The maximum absolute atomic E-state index is 11.7. The Balaban J connectivity index is 2.01. The van der Waals surface area contributed by atoms with Gasteiger partial charge >= 0.3 is 0 Å². The molecule has 0 atom stereocenters. The summed E-state index contributed by atoms with van der Waals surface area (Å²) in [7, 11) is 0. The predicted molar refractivity (Wildman–Crippen MR) is 70.8 cm³/mol. The topological polar surface area (TPSA) is 80.9 Å². The molecule has 2 rings (SSSR count). The molecule has 0 unspecified atom stereocenters. The lowest BCUT2D eigenvalue weighted by atomic mass is 10.3. The Morgan fingerprint density at radius 1 is 1.59 bits per heavy atom. The first-order valence-corrected chi connectivity index (χ1v) is 6.41. The normalized spacial score (nSPS) is 10.2. The van der Waals surface area contributed by atoms with Crippen molar-refractivity contribution in [3.05, 3.63) is 34.0 Å². The molecule has 2 aromatic rings. The molecule has 2 heterocycles. The predicted octanol–water partition coefficient (Wildman–Crippen LogP) is 2.06. The number of anilines is 2. The Hall–Kier alpha value is -1.47. The molecule has 0 aliphatic carbocycles. The molecule has 88 valence electrons. The fraction of sp³-hybridized carbons (Fsp3) is 0.100. The second-order valence-electron chi connectivity index (χ2n) is 3.26.